The number of halogens is 1. The van der Waals surface area contributed by atoms with E-state index < -0.39 is 0 Å². The van der Waals surface area contributed by atoms with E-state index in [4.69, 9.17) is 5.73 Å². The third-order valence-electron chi connectivity index (χ3n) is 2.54. The summed E-state index contributed by atoms with van der Waals surface area (Å²) in [7, 11) is 0. The van der Waals surface area contributed by atoms with Crippen molar-refractivity contribution in [3.05, 3.63) is 28.2 Å². The first-order valence-electron chi connectivity index (χ1n) is 5.39. The van der Waals surface area contributed by atoms with Crippen molar-refractivity contribution in [2.24, 2.45) is 5.73 Å². The minimum absolute atomic E-state index is 0.0611. The van der Waals surface area contributed by atoms with Gasteiger partial charge in [0.2, 0.25) is 0 Å². The van der Waals surface area contributed by atoms with Crippen LogP contribution in [0.25, 0.3) is 0 Å². The van der Waals surface area contributed by atoms with Gasteiger partial charge in [-0.3, -0.25) is 0 Å². The maximum atomic E-state index is 9.80. The molecule has 0 bridgehead atoms. The lowest BCUT2D eigenvalue weighted by molar-refractivity contribution is 0.452. The monoisotopic (exact) mass is 271 g/mol. The normalized spacial score (nSPS) is 12.7. The van der Waals surface area contributed by atoms with Crippen molar-refractivity contribution in [2.45, 2.75) is 38.6 Å². The number of rotatable bonds is 5. The Morgan fingerprint density at radius 2 is 2.13 bits per heavy atom. The van der Waals surface area contributed by atoms with Crippen molar-refractivity contribution in [3.8, 4) is 5.75 Å². The minimum atomic E-state index is -0.0611. The van der Waals surface area contributed by atoms with E-state index in [2.05, 4.69) is 22.9 Å². The summed E-state index contributed by atoms with van der Waals surface area (Å²) in [5.74, 6) is 0.279. The molecule has 84 valence electrons. The number of para-hydroxylation sites is 1. The molecular weight excluding hydrogens is 254 g/mol. The summed E-state index contributed by atoms with van der Waals surface area (Å²) in [6.45, 7) is 2.17. The van der Waals surface area contributed by atoms with Gasteiger partial charge in [0, 0.05) is 11.6 Å². The maximum Gasteiger partial charge on any atom is 0.134 e. The van der Waals surface area contributed by atoms with Crippen LogP contribution in [-0.2, 0) is 0 Å². The second-order valence-corrected chi connectivity index (χ2v) is 4.63. The molecule has 0 unspecified atom stereocenters. The van der Waals surface area contributed by atoms with Crippen LogP contribution < -0.4 is 5.73 Å². The van der Waals surface area contributed by atoms with Crippen LogP contribution in [0, 0.1) is 0 Å². The van der Waals surface area contributed by atoms with Gasteiger partial charge in [-0.2, -0.15) is 0 Å². The van der Waals surface area contributed by atoms with E-state index in [-0.39, 0.29) is 11.8 Å². The van der Waals surface area contributed by atoms with Crippen molar-refractivity contribution < 1.29 is 5.11 Å². The van der Waals surface area contributed by atoms with Crippen molar-refractivity contribution in [3.63, 3.8) is 0 Å². The molecule has 1 rings (SSSR count). The van der Waals surface area contributed by atoms with Crippen molar-refractivity contribution in [1.29, 1.82) is 0 Å². The van der Waals surface area contributed by atoms with Crippen molar-refractivity contribution in [1.82, 2.24) is 0 Å². The van der Waals surface area contributed by atoms with Crippen LogP contribution >= 0.6 is 15.9 Å². The molecule has 1 aromatic rings. The molecule has 0 radical (unpaired) electrons. The number of phenols is 1. The van der Waals surface area contributed by atoms with Crippen LogP contribution in [0.15, 0.2) is 22.7 Å². The van der Waals surface area contributed by atoms with Gasteiger partial charge in [0.15, 0.2) is 0 Å². The minimum Gasteiger partial charge on any atom is -0.506 e. The third-order valence-corrected chi connectivity index (χ3v) is 3.18. The Bertz CT molecular complexity index is 314. The van der Waals surface area contributed by atoms with Crippen LogP contribution in [0.4, 0.5) is 0 Å². The quantitative estimate of drug-likeness (QED) is 0.802. The van der Waals surface area contributed by atoms with Crippen LogP contribution in [-0.4, -0.2) is 5.11 Å². The Balaban J connectivity index is 2.65. The Morgan fingerprint density at radius 3 is 2.80 bits per heavy atom. The second-order valence-electron chi connectivity index (χ2n) is 3.78. The summed E-state index contributed by atoms with van der Waals surface area (Å²) >= 11 is 3.29. The van der Waals surface area contributed by atoms with Crippen LogP contribution in [0.1, 0.15) is 44.2 Å². The molecule has 0 aliphatic heterocycles. The van der Waals surface area contributed by atoms with Gasteiger partial charge in [0.25, 0.3) is 0 Å². The molecule has 3 heteroatoms. The predicted molar refractivity (Wildman–Crippen MR) is 66.9 cm³/mol. The largest absolute Gasteiger partial charge is 0.506 e. The standard InChI is InChI=1S/C12H18BrNO/c1-2-3-4-8-11(14)9-6-5-7-10(13)12(9)15/h5-7,11,15H,2-4,8,14H2,1H3/t11-/m1/s1. The first-order chi connectivity index (χ1) is 7.16. The fourth-order valence-corrected chi connectivity index (χ4v) is 1.98. The molecular formula is C12H18BrNO. The van der Waals surface area contributed by atoms with E-state index in [0.29, 0.717) is 4.47 Å². The van der Waals surface area contributed by atoms with Crippen LogP contribution in [0.2, 0.25) is 0 Å². The van der Waals surface area contributed by atoms with Gasteiger partial charge in [-0.1, -0.05) is 38.3 Å². The lowest BCUT2D eigenvalue weighted by atomic mass is 10.0. The van der Waals surface area contributed by atoms with Crippen molar-refractivity contribution >= 4 is 15.9 Å². The molecule has 0 aromatic heterocycles. The summed E-state index contributed by atoms with van der Waals surface area (Å²) in [4.78, 5) is 0. The molecule has 1 aromatic carbocycles. The number of phenolic OH excluding ortho intramolecular Hbond substituents is 1. The Hall–Kier alpha value is -0.540. The van der Waals surface area contributed by atoms with E-state index in [1.165, 1.54) is 12.8 Å². The van der Waals surface area contributed by atoms with Gasteiger partial charge < -0.3 is 10.8 Å². The SMILES string of the molecule is CCCCC[C@@H](N)c1cccc(Br)c1O. The topological polar surface area (TPSA) is 46.2 Å². The average Bonchev–Trinajstić information content (AvgIpc) is 2.22. The van der Waals surface area contributed by atoms with Crippen LogP contribution in [0.3, 0.4) is 0 Å². The van der Waals surface area contributed by atoms with Gasteiger partial charge in [-0.05, 0) is 28.4 Å². The molecule has 0 aliphatic rings. The Labute approximate surface area is 99.6 Å². The molecule has 0 amide bonds. The summed E-state index contributed by atoms with van der Waals surface area (Å²) in [5.41, 5.74) is 6.86. The Kier molecular flexibility index (Phi) is 5.12. The number of nitrogens with two attached hydrogens (primary N) is 1. The summed E-state index contributed by atoms with van der Waals surface area (Å²) in [6.07, 6.45) is 4.43. The predicted octanol–water partition coefficient (Wildman–Crippen LogP) is 3.73. The first-order valence-corrected chi connectivity index (χ1v) is 6.19. The Morgan fingerprint density at radius 1 is 1.40 bits per heavy atom. The highest BCUT2D eigenvalue weighted by atomic mass is 79.9. The highest BCUT2D eigenvalue weighted by molar-refractivity contribution is 9.10. The van der Waals surface area contributed by atoms with Gasteiger partial charge in [-0.15, -0.1) is 0 Å². The van der Waals surface area contributed by atoms with Gasteiger partial charge in [0.1, 0.15) is 5.75 Å². The summed E-state index contributed by atoms with van der Waals surface area (Å²) in [5, 5.41) is 9.80. The molecule has 3 N–H and O–H groups in total. The summed E-state index contributed by atoms with van der Waals surface area (Å²) < 4.78 is 0.714. The summed E-state index contributed by atoms with van der Waals surface area (Å²) in [6, 6.07) is 5.54. The van der Waals surface area contributed by atoms with E-state index in [0.717, 1.165) is 18.4 Å². The molecule has 15 heavy (non-hydrogen) atoms. The van der Waals surface area contributed by atoms with E-state index in [1.54, 1.807) is 0 Å². The lowest BCUT2D eigenvalue weighted by Gasteiger charge is -2.14. The smallest absolute Gasteiger partial charge is 0.134 e. The molecule has 2 nitrogen and oxygen atoms in total. The van der Waals surface area contributed by atoms with E-state index in [1.807, 2.05) is 18.2 Å². The fraction of sp³-hybridized carbons (Fsp3) is 0.500. The number of aromatic hydroxyl groups is 1. The highest BCUT2D eigenvalue weighted by Crippen LogP contribution is 2.32. The molecule has 0 aliphatic carbocycles. The molecule has 0 fully saturated rings. The maximum absolute atomic E-state index is 9.80. The van der Waals surface area contributed by atoms with Crippen LogP contribution in [0.5, 0.6) is 5.75 Å². The van der Waals surface area contributed by atoms with Gasteiger partial charge >= 0.3 is 0 Å². The highest BCUT2D eigenvalue weighted by Gasteiger charge is 2.11. The molecule has 0 spiro atoms. The number of benzene rings is 1. The molecule has 1 atom stereocenters. The van der Waals surface area contributed by atoms with Crippen molar-refractivity contribution in [2.75, 3.05) is 0 Å². The zero-order valence-corrected chi connectivity index (χ0v) is 10.6. The zero-order chi connectivity index (χ0) is 11.3. The molecule has 0 saturated carbocycles. The zero-order valence-electron chi connectivity index (χ0n) is 9.04. The third kappa shape index (κ3) is 3.50. The van der Waals surface area contributed by atoms with E-state index in [9.17, 15) is 5.11 Å². The van der Waals surface area contributed by atoms with E-state index >= 15 is 0 Å². The lowest BCUT2D eigenvalue weighted by Crippen LogP contribution is -2.10. The van der Waals surface area contributed by atoms with Gasteiger partial charge in [0.05, 0.1) is 4.47 Å². The number of hydrogen-bond donors (Lipinski definition) is 2. The first kappa shape index (κ1) is 12.5. The molecule has 0 heterocycles. The number of hydrogen-bond acceptors (Lipinski definition) is 2. The molecule has 0 saturated heterocycles. The second kappa shape index (κ2) is 6.13. The average molecular weight is 272 g/mol. The number of unbranched alkanes of at least 4 members (excludes halogenated alkanes) is 2. The fourth-order valence-electron chi connectivity index (χ4n) is 1.60. The van der Waals surface area contributed by atoms with Gasteiger partial charge in [-0.25, -0.2) is 0 Å².